The Balaban J connectivity index is 1.50. The number of carboxylic acid groups (broad SMARTS) is 1. The summed E-state index contributed by atoms with van der Waals surface area (Å²) in [4.78, 5) is 51.7. The summed E-state index contributed by atoms with van der Waals surface area (Å²) in [6, 6.07) is 13.6. The number of rotatable bonds is 4. The van der Waals surface area contributed by atoms with Crippen molar-refractivity contribution in [1.82, 2.24) is 9.80 Å². The molecule has 2 aliphatic heterocycles. The van der Waals surface area contributed by atoms with Crippen LogP contribution in [0, 0.1) is 0 Å². The molecule has 148 valence electrons. The van der Waals surface area contributed by atoms with Gasteiger partial charge in [0.2, 0.25) is 0 Å². The second-order valence-electron chi connectivity index (χ2n) is 6.96. The van der Waals surface area contributed by atoms with Gasteiger partial charge in [0.25, 0.3) is 11.8 Å². The number of amides is 3. The van der Waals surface area contributed by atoms with Gasteiger partial charge < -0.3 is 9.84 Å². The van der Waals surface area contributed by atoms with E-state index >= 15 is 0 Å². The van der Waals surface area contributed by atoms with Gasteiger partial charge in [-0.25, -0.2) is 9.59 Å². The molecule has 2 aromatic rings. The van der Waals surface area contributed by atoms with Crippen molar-refractivity contribution in [3.8, 4) is 0 Å². The van der Waals surface area contributed by atoms with Crippen LogP contribution in [-0.4, -0.2) is 57.4 Å². The van der Waals surface area contributed by atoms with Crippen molar-refractivity contribution in [3.63, 3.8) is 0 Å². The molecule has 29 heavy (non-hydrogen) atoms. The first kappa shape index (κ1) is 18.7. The fourth-order valence-corrected chi connectivity index (χ4v) is 3.78. The molecule has 2 atom stereocenters. The second kappa shape index (κ2) is 7.38. The number of likely N-dealkylation sites (tertiary alicyclic amines) is 1. The van der Waals surface area contributed by atoms with Crippen LogP contribution in [0.25, 0.3) is 0 Å². The number of carbonyl (C=O) groups excluding carboxylic acids is 3. The number of hydrogen-bond donors (Lipinski definition) is 1. The smallest absolute Gasteiger partial charge is 0.410 e. The Labute approximate surface area is 166 Å². The first-order chi connectivity index (χ1) is 14.0. The van der Waals surface area contributed by atoms with Gasteiger partial charge >= 0.3 is 12.1 Å². The number of benzene rings is 2. The van der Waals surface area contributed by atoms with E-state index in [4.69, 9.17) is 4.74 Å². The first-order valence-corrected chi connectivity index (χ1v) is 9.14. The minimum atomic E-state index is -1.21. The highest BCUT2D eigenvalue weighted by Gasteiger charge is 2.48. The summed E-state index contributed by atoms with van der Waals surface area (Å²) in [6.07, 6.45) is -0.832. The number of imide groups is 1. The van der Waals surface area contributed by atoms with Crippen LogP contribution in [0.3, 0.4) is 0 Å². The van der Waals surface area contributed by atoms with Crippen LogP contribution >= 0.6 is 0 Å². The number of fused-ring (bicyclic) bond motifs is 1. The summed E-state index contributed by atoms with van der Waals surface area (Å²) in [5.41, 5.74) is 1.34. The van der Waals surface area contributed by atoms with Gasteiger partial charge in [0.05, 0.1) is 17.2 Å². The highest BCUT2D eigenvalue weighted by Crippen LogP contribution is 2.31. The van der Waals surface area contributed by atoms with Gasteiger partial charge in [-0.1, -0.05) is 42.5 Å². The molecule has 0 aliphatic carbocycles. The van der Waals surface area contributed by atoms with E-state index in [0.717, 1.165) is 15.4 Å². The summed E-state index contributed by atoms with van der Waals surface area (Å²) in [6.45, 7) is -0.0870. The highest BCUT2D eigenvalue weighted by molar-refractivity contribution is 6.21. The number of ether oxygens (including phenoxy) is 1. The van der Waals surface area contributed by atoms with E-state index in [1.165, 1.54) is 0 Å². The van der Waals surface area contributed by atoms with Gasteiger partial charge in [0.15, 0.2) is 0 Å². The molecule has 0 aromatic heterocycles. The lowest BCUT2D eigenvalue weighted by molar-refractivity contribution is -0.141. The standard InChI is InChI=1S/C21H18N2O6/c24-18-15-8-4-5-9-16(15)19(25)23(18)14-10-17(20(26)27)22(11-14)21(28)29-12-13-6-2-1-3-7-13/h1-9,14,17H,10-12H2,(H,26,27)/t14-,17-/m0/s1. The monoisotopic (exact) mass is 394 g/mol. The van der Waals surface area contributed by atoms with Crippen molar-refractivity contribution >= 4 is 23.9 Å². The van der Waals surface area contributed by atoms with Crippen molar-refractivity contribution in [1.29, 1.82) is 0 Å². The zero-order chi connectivity index (χ0) is 20.5. The summed E-state index contributed by atoms with van der Waals surface area (Å²) in [5, 5.41) is 9.55. The van der Waals surface area contributed by atoms with Gasteiger partial charge in [-0.05, 0) is 17.7 Å². The molecule has 2 aromatic carbocycles. The number of carbonyl (C=O) groups is 4. The second-order valence-corrected chi connectivity index (χ2v) is 6.96. The van der Waals surface area contributed by atoms with E-state index in [1.807, 2.05) is 6.07 Å². The van der Waals surface area contributed by atoms with Crippen molar-refractivity contribution in [2.75, 3.05) is 6.54 Å². The van der Waals surface area contributed by atoms with Gasteiger partial charge in [-0.2, -0.15) is 0 Å². The molecule has 1 N–H and O–H groups in total. The largest absolute Gasteiger partial charge is 0.480 e. The summed E-state index contributed by atoms with van der Waals surface area (Å²) in [7, 11) is 0. The lowest BCUT2D eigenvalue weighted by Crippen LogP contribution is -2.43. The minimum absolute atomic E-state index is 0.000194. The molecule has 0 radical (unpaired) electrons. The zero-order valence-corrected chi connectivity index (χ0v) is 15.4. The van der Waals surface area contributed by atoms with E-state index in [2.05, 4.69) is 0 Å². The molecular weight excluding hydrogens is 376 g/mol. The van der Waals surface area contributed by atoms with Crippen molar-refractivity contribution in [3.05, 3.63) is 71.3 Å². The van der Waals surface area contributed by atoms with Crippen LogP contribution in [-0.2, 0) is 16.1 Å². The lowest BCUT2D eigenvalue weighted by atomic mass is 10.1. The van der Waals surface area contributed by atoms with Crippen LogP contribution in [0.5, 0.6) is 0 Å². The Morgan fingerprint density at radius 3 is 2.14 bits per heavy atom. The van der Waals surface area contributed by atoms with Gasteiger partial charge in [0, 0.05) is 13.0 Å². The van der Waals surface area contributed by atoms with E-state index in [-0.39, 0.29) is 30.7 Å². The van der Waals surface area contributed by atoms with Gasteiger partial charge in [-0.3, -0.25) is 19.4 Å². The topological polar surface area (TPSA) is 104 Å². The fourth-order valence-electron chi connectivity index (χ4n) is 3.78. The summed E-state index contributed by atoms with van der Waals surface area (Å²) in [5.74, 6) is -2.15. The molecule has 2 aliphatic rings. The maximum absolute atomic E-state index is 12.7. The normalized spacial score (nSPS) is 20.7. The average Bonchev–Trinajstić information content (AvgIpc) is 3.27. The molecule has 0 bridgehead atoms. The van der Waals surface area contributed by atoms with Gasteiger partial charge in [0.1, 0.15) is 12.6 Å². The van der Waals surface area contributed by atoms with E-state index in [9.17, 15) is 24.3 Å². The first-order valence-electron chi connectivity index (χ1n) is 9.14. The molecule has 0 spiro atoms. The number of aliphatic carboxylic acids is 1. The molecule has 3 amide bonds. The third-order valence-electron chi connectivity index (χ3n) is 5.19. The highest BCUT2D eigenvalue weighted by atomic mass is 16.6. The maximum Gasteiger partial charge on any atom is 0.410 e. The average molecular weight is 394 g/mol. The molecule has 1 saturated heterocycles. The third kappa shape index (κ3) is 3.33. The van der Waals surface area contributed by atoms with Crippen LogP contribution in [0.15, 0.2) is 54.6 Å². The molecule has 1 fully saturated rings. The Kier molecular flexibility index (Phi) is 4.75. The minimum Gasteiger partial charge on any atom is -0.480 e. The molecule has 0 unspecified atom stereocenters. The third-order valence-corrected chi connectivity index (χ3v) is 5.19. The summed E-state index contributed by atoms with van der Waals surface area (Å²) < 4.78 is 5.25. The molecule has 0 saturated carbocycles. The van der Waals surface area contributed by atoms with Gasteiger partial charge in [-0.15, -0.1) is 0 Å². The van der Waals surface area contributed by atoms with E-state index in [1.54, 1.807) is 48.5 Å². The predicted molar refractivity (Wildman–Crippen MR) is 100 cm³/mol. The SMILES string of the molecule is O=C(O)[C@@H]1C[C@H](N2C(=O)c3ccccc3C2=O)CN1C(=O)OCc1ccccc1. The number of nitrogens with zero attached hydrogens (tertiary/aromatic N) is 2. The Hall–Kier alpha value is -3.68. The molecule has 8 heteroatoms. The van der Waals surface area contributed by atoms with Crippen molar-refractivity contribution in [2.24, 2.45) is 0 Å². The summed E-state index contributed by atoms with van der Waals surface area (Å²) >= 11 is 0. The Morgan fingerprint density at radius 1 is 0.966 bits per heavy atom. The number of carboxylic acids is 1. The quantitative estimate of drug-likeness (QED) is 0.797. The fraction of sp³-hybridized carbons (Fsp3) is 0.238. The molecular formula is C21H18N2O6. The Morgan fingerprint density at radius 2 is 1.55 bits per heavy atom. The predicted octanol–water partition coefficient (Wildman–Crippen LogP) is 2.15. The maximum atomic E-state index is 12.7. The van der Waals surface area contributed by atoms with Crippen molar-refractivity contribution < 1.29 is 29.0 Å². The van der Waals surface area contributed by atoms with E-state index < -0.39 is 36.0 Å². The zero-order valence-electron chi connectivity index (χ0n) is 15.4. The lowest BCUT2D eigenvalue weighted by Gasteiger charge is -2.22. The molecule has 4 rings (SSSR count). The Bertz CT molecular complexity index is 955. The van der Waals surface area contributed by atoms with Crippen LogP contribution in [0.1, 0.15) is 32.7 Å². The van der Waals surface area contributed by atoms with E-state index in [0.29, 0.717) is 0 Å². The van der Waals surface area contributed by atoms with Crippen molar-refractivity contribution in [2.45, 2.75) is 25.1 Å². The van der Waals surface area contributed by atoms with Crippen LogP contribution in [0.4, 0.5) is 4.79 Å². The van der Waals surface area contributed by atoms with Crippen LogP contribution in [0.2, 0.25) is 0 Å². The molecule has 2 heterocycles. The molecule has 8 nitrogen and oxygen atoms in total. The van der Waals surface area contributed by atoms with Crippen LogP contribution < -0.4 is 0 Å². The number of hydrogen-bond acceptors (Lipinski definition) is 5.